The Labute approximate surface area is 115 Å². The fraction of sp³-hybridized carbons (Fsp3) is 0.0714. The van der Waals surface area contributed by atoms with Crippen molar-refractivity contribution >= 4 is 0 Å². The first-order chi connectivity index (χ1) is 9.76. The monoisotopic (exact) mass is 262 g/mol. The Bertz CT molecular complexity index is 785. The molecular formula is C14H10N6. The summed E-state index contributed by atoms with van der Waals surface area (Å²) in [4.78, 5) is 5.64. The van der Waals surface area contributed by atoms with Crippen LogP contribution in [-0.4, -0.2) is 25.2 Å². The van der Waals surface area contributed by atoms with E-state index in [2.05, 4.69) is 26.5 Å². The Morgan fingerprint density at radius 2 is 1.95 bits per heavy atom. The Kier molecular flexibility index (Phi) is 2.94. The lowest BCUT2D eigenvalue weighted by Crippen LogP contribution is -2.03. The van der Waals surface area contributed by atoms with Gasteiger partial charge in [-0.25, -0.2) is 4.98 Å². The zero-order valence-corrected chi connectivity index (χ0v) is 10.7. The van der Waals surface area contributed by atoms with Gasteiger partial charge in [0.1, 0.15) is 0 Å². The third kappa shape index (κ3) is 2.24. The van der Waals surface area contributed by atoms with Gasteiger partial charge >= 0.3 is 0 Å². The quantitative estimate of drug-likeness (QED) is 0.704. The second kappa shape index (κ2) is 4.90. The first-order valence-corrected chi connectivity index (χ1v) is 6.01. The molecule has 0 amide bonds. The number of hydrogen-bond acceptors (Lipinski definition) is 5. The molecule has 0 N–H and O–H groups in total. The van der Waals surface area contributed by atoms with Crippen molar-refractivity contribution in [2.75, 3.05) is 0 Å². The molecule has 3 rings (SSSR count). The molecule has 0 saturated heterocycles. The number of nitriles is 1. The number of aromatic nitrogens is 5. The van der Waals surface area contributed by atoms with Gasteiger partial charge in [-0.15, -0.1) is 15.0 Å². The minimum atomic E-state index is 0.483. The van der Waals surface area contributed by atoms with Gasteiger partial charge in [0.2, 0.25) is 5.82 Å². The average molecular weight is 262 g/mol. The van der Waals surface area contributed by atoms with E-state index in [1.54, 1.807) is 12.1 Å². The van der Waals surface area contributed by atoms with E-state index in [1.807, 2.05) is 37.3 Å². The molecule has 0 radical (unpaired) electrons. The van der Waals surface area contributed by atoms with Crippen LogP contribution in [0.2, 0.25) is 0 Å². The van der Waals surface area contributed by atoms with Gasteiger partial charge in [-0.2, -0.15) is 5.26 Å². The van der Waals surface area contributed by atoms with Crippen molar-refractivity contribution < 1.29 is 0 Å². The first-order valence-electron chi connectivity index (χ1n) is 6.01. The van der Waals surface area contributed by atoms with Crippen LogP contribution in [0.15, 0.2) is 42.5 Å². The Morgan fingerprint density at radius 1 is 1.15 bits per heavy atom. The molecule has 0 spiro atoms. The number of benzene rings is 1. The predicted molar refractivity (Wildman–Crippen MR) is 71.8 cm³/mol. The Hall–Kier alpha value is -3.07. The summed E-state index contributed by atoms with van der Waals surface area (Å²) in [6.45, 7) is 1.82. The van der Waals surface area contributed by atoms with Crippen molar-refractivity contribution in [3.05, 3.63) is 53.7 Å². The Morgan fingerprint density at radius 3 is 2.70 bits per heavy atom. The lowest BCUT2D eigenvalue weighted by molar-refractivity contribution is 0.698. The molecule has 0 unspecified atom stereocenters. The number of aryl methyl sites for hydroxylation is 1. The van der Waals surface area contributed by atoms with Crippen LogP contribution < -0.4 is 0 Å². The molecule has 0 fully saturated rings. The molecule has 0 bridgehead atoms. The number of rotatable bonds is 2. The van der Waals surface area contributed by atoms with Crippen LogP contribution in [0, 0.1) is 18.3 Å². The van der Waals surface area contributed by atoms with Crippen molar-refractivity contribution in [1.29, 1.82) is 5.26 Å². The van der Waals surface area contributed by atoms with Crippen molar-refractivity contribution in [3.63, 3.8) is 0 Å². The molecule has 20 heavy (non-hydrogen) atoms. The molecule has 0 atom stereocenters. The normalized spacial score (nSPS) is 10.2. The fourth-order valence-electron chi connectivity index (χ4n) is 1.83. The molecule has 6 heteroatoms. The molecule has 3 aromatic rings. The highest BCUT2D eigenvalue weighted by Gasteiger charge is 2.09. The summed E-state index contributed by atoms with van der Waals surface area (Å²) in [7, 11) is 0. The van der Waals surface area contributed by atoms with Crippen LogP contribution in [0.1, 0.15) is 11.3 Å². The molecular weight excluding hydrogens is 252 g/mol. The Balaban J connectivity index is 2.03. The van der Waals surface area contributed by atoms with Gasteiger partial charge in [0.15, 0.2) is 5.82 Å². The molecule has 2 aromatic heterocycles. The molecule has 6 nitrogen and oxygen atoms in total. The smallest absolute Gasteiger partial charge is 0.205 e. The van der Waals surface area contributed by atoms with Crippen LogP contribution in [0.5, 0.6) is 0 Å². The summed E-state index contributed by atoms with van der Waals surface area (Å²) < 4.78 is 0. The van der Waals surface area contributed by atoms with Gasteiger partial charge in [0.25, 0.3) is 0 Å². The lowest BCUT2D eigenvalue weighted by atomic mass is 10.2. The SMILES string of the molecule is Cc1cc(C#N)cc(-n2nnc(-c3ccccc3)n2)n1. The van der Waals surface area contributed by atoms with E-state index in [4.69, 9.17) is 5.26 Å². The first kappa shape index (κ1) is 12.0. The van der Waals surface area contributed by atoms with Crippen molar-refractivity contribution in [1.82, 2.24) is 25.2 Å². The van der Waals surface area contributed by atoms with Crippen molar-refractivity contribution in [3.8, 4) is 23.3 Å². The summed E-state index contributed by atoms with van der Waals surface area (Å²) in [5.41, 5.74) is 2.13. The van der Waals surface area contributed by atoms with Gasteiger partial charge < -0.3 is 0 Å². The van der Waals surface area contributed by atoms with Gasteiger partial charge in [0.05, 0.1) is 11.6 Å². The highest BCUT2D eigenvalue weighted by atomic mass is 15.6. The molecule has 96 valence electrons. The highest BCUT2D eigenvalue weighted by Crippen LogP contribution is 2.14. The van der Waals surface area contributed by atoms with E-state index >= 15 is 0 Å². The largest absolute Gasteiger partial charge is 0.232 e. The maximum Gasteiger partial charge on any atom is 0.205 e. The maximum atomic E-state index is 8.97. The molecule has 0 saturated carbocycles. The van der Waals surface area contributed by atoms with E-state index in [0.29, 0.717) is 17.2 Å². The van der Waals surface area contributed by atoms with Crippen LogP contribution >= 0.6 is 0 Å². The number of tetrazole rings is 1. The van der Waals surface area contributed by atoms with Crippen molar-refractivity contribution in [2.24, 2.45) is 0 Å². The van der Waals surface area contributed by atoms with Gasteiger partial charge in [-0.1, -0.05) is 30.3 Å². The van der Waals surface area contributed by atoms with E-state index in [0.717, 1.165) is 11.3 Å². The summed E-state index contributed by atoms with van der Waals surface area (Å²) >= 11 is 0. The van der Waals surface area contributed by atoms with Crippen LogP contribution in [-0.2, 0) is 0 Å². The number of hydrogen-bond donors (Lipinski definition) is 0. The van der Waals surface area contributed by atoms with E-state index in [9.17, 15) is 0 Å². The van der Waals surface area contributed by atoms with E-state index in [-0.39, 0.29) is 0 Å². The van der Waals surface area contributed by atoms with Gasteiger partial charge in [-0.3, -0.25) is 0 Å². The fourth-order valence-corrected chi connectivity index (χ4v) is 1.83. The van der Waals surface area contributed by atoms with Gasteiger partial charge in [0, 0.05) is 17.3 Å². The molecule has 0 aliphatic carbocycles. The molecule has 2 heterocycles. The van der Waals surface area contributed by atoms with Crippen LogP contribution in [0.4, 0.5) is 0 Å². The zero-order valence-electron chi connectivity index (χ0n) is 10.7. The summed E-state index contributed by atoms with van der Waals surface area (Å²) in [5.74, 6) is 1.00. The lowest BCUT2D eigenvalue weighted by Gasteiger charge is -2.00. The topological polar surface area (TPSA) is 80.3 Å². The summed E-state index contributed by atoms with van der Waals surface area (Å²) in [6.07, 6.45) is 0. The van der Waals surface area contributed by atoms with Crippen molar-refractivity contribution in [2.45, 2.75) is 6.92 Å². The number of nitrogens with zero attached hydrogens (tertiary/aromatic N) is 6. The molecule has 1 aromatic carbocycles. The third-order valence-electron chi connectivity index (χ3n) is 2.72. The van der Waals surface area contributed by atoms with Crippen LogP contribution in [0.3, 0.4) is 0 Å². The predicted octanol–water partition coefficient (Wildman–Crippen LogP) is 1.90. The molecule has 0 aliphatic rings. The second-order valence-electron chi connectivity index (χ2n) is 4.24. The second-order valence-corrected chi connectivity index (χ2v) is 4.24. The minimum Gasteiger partial charge on any atom is -0.232 e. The average Bonchev–Trinajstić information content (AvgIpc) is 2.97. The zero-order chi connectivity index (χ0) is 13.9. The highest BCUT2D eigenvalue weighted by molar-refractivity contribution is 5.53. The third-order valence-corrected chi connectivity index (χ3v) is 2.72. The minimum absolute atomic E-state index is 0.483. The standard InChI is InChI=1S/C14H10N6/c1-10-7-11(9-15)8-13(16-10)20-18-14(17-19-20)12-5-3-2-4-6-12/h2-8H,1H3. The van der Waals surface area contributed by atoms with Crippen LogP contribution in [0.25, 0.3) is 17.2 Å². The van der Waals surface area contributed by atoms with E-state index in [1.165, 1.54) is 4.80 Å². The molecule has 0 aliphatic heterocycles. The van der Waals surface area contributed by atoms with E-state index < -0.39 is 0 Å². The summed E-state index contributed by atoms with van der Waals surface area (Å²) in [6, 6.07) is 15.0. The summed E-state index contributed by atoms with van der Waals surface area (Å²) in [5, 5.41) is 21.3. The van der Waals surface area contributed by atoms with Gasteiger partial charge in [-0.05, 0) is 18.2 Å². The maximum absolute atomic E-state index is 8.97. The number of pyridine rings is 1.